The lowest BCUT2D eigenvalue weighted by atomic mass is 9.92. The molecule has 1 aliphatic heterocycles. The molecule has 1 fully saturated rings. The van der Waals surface area contributed by atoms with Gasteiger partial charge in [-0.05, 0) is 44.1 Å². The van der Waals surface area contributed by atoms with E-state index in [9.17, 15) is 18.0 Å². The van der Waals surface area contributed by atoms with Gasteiger partial charge in [-0.1, -0.05) is 81.9 Å². The summed E-state index contributed by atoms with van der Waals surface area (Å²) >= 11 is 0. The molecule has 0 amide bonds. The molecule has 1 aromatic carbocycles. The Kier molecular flexibility index (Phi) is 11.9. The van der Waals surface area contributed by atoms with E-state index >= 15 is 0 Å². The van der Waals surface area contributed by atoms with E-state index in [-0.39, 0.29) is 12.2 Å². The number of benzene rings is 1. The standard InChI is InChI=1S/C30H37F3O5/c1-6-8-9-10-16-21-25-26(38-28(3,4)37-25)22-17-12-15-20-24(7-2)36-27(34)29(35-5,30(31,32)33)23-18-13-11-14-19-23/h7,11,13-14,18-19,24-26H,2,6,8-10,16,21-22H2,1,3-5H3/t24-,25+,26+,29-/m0/s1. The topological polar surface area (TPSA) is 54.0 Å². The van der Waals surface area contributed by atoms with Gasteiger partial charge < -0.3 is 18.9 Å². The number of carbonyl (C=O) groups excluding carboxylic acids is 1. The summed E-state index contributed by atoms with van der Waals surface area (Å²) in [4.78, 5) is 12.8. The molecule has 1 aromatic rings. The number of hydrogen-bond donors (Lipinski definition) is 0. The summed E-state index contributed by atoms with van der Waals surface area (Å²) in [6, 6.07) is 6.57. The van der Waals surface area contributed by atoms with Crippen molar-refractivity contribution in [3.05, 3.63) is 48.6 Å². The molecule has 4 atom stereocenters. The van der Waals surface area contributed by atoms with Crippen molar-refractivity contribution < 1.29 is 36.9 Å². The molecule has 5 nitrogen and oxygen atoms in total. The van der Waals surface area contributed by atoms with Crippen LogP contribution in [0, 0.1) is 23.7 Å². The molecular weight excluding hydrogens is 497 g/mol. The van der Waals surface area contributed by atoms with Gasteiger partial charge in [0.25, 0.3) is 5.60 Å². The van der Waals surface area contributed by atoms with Gasteiger partial charge in [0.2, 0.25) is 0 Å². The quantitative estimate of drug-likeness (QED) is 0.133. The molecule has 38 heavy (non-hydrogen) atoms. The number of carbonyl (C=O) groups is 1. The van der Waals surface area contributed by atoms with Crippen LogP contribution in [0.5, 0.6) is 0 Å². The van der Waals surface area contributed by atoms with Crippen molar-refractivity contribution in [2.24, 2.45) is 0 Å². The van der Waals surface area contributed by atoms with Gasteiger partial charge in [-0.2, -0.15) is 13.2 Å². The zero-order valence-electron chi connectivity index (χ0n) is 22.5. The summed E-state index contributed by atoms with van der Waals surface area (Å²) in [5, 5.41) is 0. The molecule has 1 aliphatic rings. The molecule has 0 spiro atoms. The van der Waals surface area contributed by atoms with E-state index in [1.807, 2.05) is 13.8 Å². The average Bonchev–Trinajstić information content (AvgIpc) is 3.16. The van der Waals surface area contributed by atoms with Gasteiger partial charge in [0.1, 0.15) is 0 Å². The lowest BCUT2D eigenvalue weighted by molar-refractivity contribution is -0.276. The zero-order chi connectivity index (χ0) is 28.2. The van der Waals surface area contributed by atoms with Gasteiger partial charge >= 0.3 is 12.1 Å². The Morgan fingerprint density at radius 2 is 1.76 bits per heavy atom. The van der Waals surface area contributed by atoms with Crippen molar-refractivity contribution in [3.8, 4) is 23.7 Å². The number of alkyl halides is 3. The van der Waals surface area contributed by atoms with Crippen molar-refractivity contribution in [2.45, 2.75) is 102 Å². The highest BCUT2D eigenvalue weighted by Crippen LogP contribution is 2.43. The monoisotopic (exact) mass is 534 g/mol. The molecule has 0 saturated carbocycles. The average molecular weight is 535 g/mol. The van der Waals surface area contributed by atoms with Gasteiger partial charge in [0, 0.05) is 19.1 Å². The van der Waals surface area contributed by atoms with Gasteiger partial charge in [-0.15, -0.1) is 0 Å². The molecule has 0 unspecified atom stereocenters. The molecular formula is C30H37F3O5. The smallest absolute Gasteiger partial charge is 0.432 e. The Bertz CT molecular complexity index is 1030. The van der Waals surface area contributed by atoms with Crippen molar-refractivity contribution in [3.63, 3.8) is 0 Å². The Hall–Kier alpha value is -2.78. The molecule has 1 saturated heterocycles. The molecule has 1 heterocycles. The Balaban J connectivity index is 2.05. The Morgan fingerprint density at radius 1 is 1.11 bits per heavy atom. The van der Waals surface area contributed by atoms with Gasteiger partial charge in [-0.25, -0.2) is 4.79 Å². The molecule has 0 aliphatic carbocycles. The maximum Gasteiger partial charge on any atom is 0.432 e. The Morgan fingerprint density at radius 3 is 2.37 bits per heavy atom. The van der Waals surface area contributed by atoms with Crippen LogP contribution in [-0.4, -0.2) is 43.4 Å². The second-order valence-electron chi connectivity index (χ2n) is 9.50. The van der Waals surface area contributed by atoms with Crippen molar-refractivity contribution >= 4 is 5.97 Å². The summed E-state index contributed by atoms with van der Waals surface area (Å²) < 4.78 is 64.0. The first kappa shape index (κ1) is 31.4. The molecule has 0 bridgehead atoms. The number of ether oxygens (including phenoxy) is 4. The molecule has 8 heteroatoms. The predicted octanol–water partition coefficient (Wildman–Crippen LogP) is 6.47. The number of halogens is 3. The van der Waals surface area contributed by atoms with Crippen molar-refractivity contribution in [1.82, 2.24) is 0 Å². The third-order valence-electron chi connectivity index (χ3n) is 6.17. The second-order valence-corrected chi connectivity index (χ2v) is 9.50. The maximum absolute atomic E-state index is 14.1. The van der Waals surface area contributed by atoms with Crippen LogP contribution in [0.1, 0.15) is 71.3 Å². The number of rotatable bonds is 12. The number of unbranched alkanes of at least 4 members (excludes halogenated alkanes) is 4. The first-order chi connectivity index (χ1) is 18.0. The van der Waals surface area contributed by atoms with E-state index in [2.05, 4.69) is 37.2 Å². The lowest BCUT2D eigenvalue weighted by Crippen LogP contribution is -2.52. The molecule has 0 aromatic heterocycles. The summed E-state index contributed by atoms with van der Waals surface area (Å²) in [6.45, 7) is 9.41. The van der Waals surface area contributed by atoms with Crippen LogP contribution in [0.2, 0.25) is 0 Å². The van der Waals surface area contributed by atoms with E-state index in [1.165, 1.54) is 37.5 Å². The van der Waals surface area contributed by atoms with E-state index in [4.69, 9.17) is 18.9 Å². The van der Waals surface area contributed by atoms with Crippen molar-refractivity contribution in [2.75, 3.05) is 7.11 Å². The third-order valence-corrected chi connectivity index (χ3v) is 6.17. The van der Waals surface area contributed by atoms with Gasteiger partial charge in [0.15, 0.2) is 11.9 Å². The fraction of sp³-hybridized carbons (Fsp3) is 0.567. The highest BCUT2D eigenvalue weighted by molar-refractivity contribution is 5.83. The minimum atomic E-state index is -5.08. The first-order valence-corrected chi connectivity index (χ1v) is 12.9. The molecule has 208 valence electrons. The minimum absolute atomic E-state index is 0.0710. The van der Waals surface area contributed by atoms with Crippen LogP contribution >= 0.6 is 0 Å². The van der Waals surface area contributed by atoms with E-state index in [0.29, 0.717) is 6.42 Å². The largest absolute Gasteiger partial charge is 0.442 e. The maximum atomic E-state index is 14.1. The number of esters is 1. The van der Waals surface area contributed by atoms with Crippen LogP contribution in [0.4, 0.5) is 13.2 Å². The number of methoxy groups -OCH3 is 1. The van der Waals surface area contributed by atoms with Crippen LogP contribution < -0.4 is 0 Å². The zero-order valence-corrected chi connectivity index (χ0v) is 22.5. The SMILES string of the molecule is C=C[C@@H](C#CC#CC[C@H]1OC(C)(C)O[C@@H]1CCCCCCC)OC(=O)[C@@](OC)(c1ccccc1)C(F)(F)F. The van der Waals surface area contributed by atoms with Crippen molar-refractivity contribution in [1.29, 1.82) is 0 Å². The number of hydrogen-bond acceptors (Lipinski definition) is 5. The van der Waals surface area contributed by atoms with Crippen LogP contribution in [0.15, 0.2) is 43.0 Å². The summed E-state index contributed by atoms with van der Waals surface area (Å²) in [5.41, 5.74) is -3.71. The van der Waals surface area contributed by atoms with E-state index in [1.54, 1.807) is 0 Å². The summed E-state index contributed by atoms with van der Waals surface area (Å²) in [7, 11) is 0.802. The third kappa shape index (κ3) is 8.36. The summed E-state index contributed by atoms with van der Waals surface area (Å²) in [6.07, 6.45) is 1.49. The van der Waals surface area contributed by atoms with E-state index < -0.39 is 35.2 Å². The first-order valence-electron chi connectivity index (χ1n) is 12.9. The van der Waals surface area contributed by atoms with E-state index in [0.717, 1.165) is 44.6 Å². The normalized spacial score (nSPS) is 20.7. The van der Waals surface area contributed by atoms with Gasteiger partial charge in [0.05, 0.1) is 12.2 Å². The highest BCUT2D eigenvalue weighted by Gasteiger charge is 2.64. The predicted molar refractivity (Wildman–Crippen MR) is 139 cm³/mol. The summed E-state index contributed by atoms with van der Waals surface area (Å²) in [5.74, 6) is 8.30. The fourth-order valence-electron chi connectivity index (χ4n) is 4.30. The second kappa shape index (κ2) is 14.4. The minimum Gasteiger partial charge on any atom is -0.442 e. The van der Waals surface area contributed by atoms with Crippen LogP contribution in [0.25, 0.3) is 0 Å². The van der Waals surface area contributed by atoms with Crippen LogP contribution in [-0.2, 0) is 29.3 Å². The lowest BCUT2D eigenvalue weighted by Gasteiger charge is -2.32. The van der Waals surface area contributed by atoms with Gasteiger partial charge in [-0.3, -0.25) is 0 Å². The fourth-order valence-corrected chi connectivity index (χ4v) is 4.30. The highest BCUT2D eigenvalue weighted by atomic mass is 19.4. The Labute approximate surface area is 224 Å². The van der Waals surface area contributed by atoms with Crippen LogP contribution in [0.3, 0.4) is 0 Å². The molecule has 0 radical (unpaired) electrons. The molecule has 2 rings (SSSR count). The molecule has 0 N–H and O–H groups in total.